The Hall–Kier alpha value is -2.27. The lowest BCUT2D eigenvalue weighted by Crippen LogP contribution is -2.28. The maximum Gasteiger partial charge on any atom is 0.258 e. The summed E-state index contributed by atoms with van der Waals surface area (Å²) in [7, 11) is 0. The first-order valence-electron chi connectivity index (χ1n) is 6.90. The first-order chi connectivity index (χ1) is 10.7. The van der Waals surface area contributed by atoms with E-state index >= 15 is 0 Å². The minimum absolute atomic E-state index is 0.0788. The molecule has 116 valence electrons. The number of ether oxygens (including phenoxy) is 2. The highest BCUT2D eigenvalue weighted by Gasteiger charge is 2.07. The quantitative estimate of drug-likeness (QED) is 0.852. The fourth-order valence-corrected chi connectivity index (χ4v) is 1.96. The van der Waals surface area contributed by atoms with Gasteiger partial charge in [-0.25, -0.2) is 4.98 Å². The van der Waals surface area contributed by atoms with Crippen LogP contribution in [0.15, 0.2) is 42.6 Å². The third-order valence-electron chi connectivity index (χ3n) is 2.77. The normalized spacial score (nSPS) is 10.1. The molecule has 1 aromatic heterocycles. The Kier molecular flexibility index (Phi) is 6.03. The first-order valence-corrected chi connectivity index (χ1v) is 7.28. The third kappa shape index (κ3) is 4.93. The average molecular weight is 321 g/mol. The maximum absolute atomic E-state index is 11.8. The second-order valence-corrected chi connectivity index (χ2v) is 4.86. The number of amides is 1. The predicted octanol–water partition coefficient (Wildman–Crippen LogP) is 2.83. The molecule has 0 aliphatic heterocycles. The summed E-state index contributed by atoms with van der Waals surface area (Å²) in [6.07, 6.45) is 1.65. The Morgan fingerprint density at radius 1 is 1.27 bits per heavy atom. The Morgan fingerprint density at radius 3 is 2.91 bits per heavy atom. The zero-order chi connectivity index (χ0) is 15.8. The summed E-state index contributed by atoms with van der Waals surface area (Å²) in [4.78, 5) is 15.9. The molecule has 0 unspecified atom stereocenters. The molecule has 1 N–H and O–H groups in total. The topological polar surface area (TPSA) is 60.5 Å². The van der Waals surface area contributed by atoms with Crippen LogP contribution in [0.4, 0.5) is 0 Å². The molecule has 0 aliphatic rings. The molecule has 1 aromatic carbocycles. The number of aromatic nitrogens is 1. The molecule has 6 heteroatoms. The molecule has 0 saturated heterocycles. The van der Waals surface area contributed by atoms with Crippen molar-refractivity contribution in [3.8, 4) is 11.6 Å². The Labute approximate surface area is 134 Å². The van der Waals surface area contributed by atoms with E-state index in [0.29, 0.717) is 29.8 Å². The van der Waals surface area contributed by atoms with E-state index in [1.807, 2.05) is 13.0 Å². The van der Waals surface area contributed by atoms with Crippen LogP contribution in [0.5, 0.6) is 11.6 Å². The van der Waals surface area contributed by atoms with Crippen LogP contribution in [0.25, 0.3) is 0 Å². The zero-order valence-electron chi connectivity index (χ0n) is 12.2. The molecule has 0 bridgehead atoms. The van der Waals surface area contributed by atoms with Crippen molar-refractivity contribution in [2.24, 2.45) is 0 Å². The van der Waals surface area contributed by atoms with Crippen molar-refractivity contribution in [1.29, 1.82) is 0 Å². The average Bonchev–Trinajstić information content (AvgIpc) is 2.52. The minimum Gasteiger partial charge on any atom is -0.484 e. The molecule has 0 aliphatic carbocycles. The van der Waals surface area contributed by atoms with Crippen LogP contribution in [0.2, 0.25) is 5.02 Å². The van der Waals surface area contributed by atoms with Crippen LogP contribution in [0.3, 0.4) is 0 Å². The van der Waals surface area contributed by atoms with Gasteiger partial charge in [-0.15, -0.1) is 0 Å². The smallest absolute Gasteiger partial charge is 0.258 e. The van der Waals surface area contributed by atoms with Crippen LogP contribution in [0.1, 0.15) is 12.5 Å². The van der Waals surface area contributed by atoms with Gasteiger partial charge in [0.05, 0.1) is 6.61 Å². The van der Waals surface area contributed by atoms with E-state index in [9.17, 15) is 4.79 Å². The van der Waals surface area contributed by atoms with Crippen LogP contribution >= 0.6 is 11.6 Å². The maximum atomic E-state index is 11.8. The molecule has 0 atom stereocenters. The van der Waals surface area contributed by atoms with Crippen molar-refractivity contribution in [3.05, 3.63) is 53.2 Å². The van der Waals surface area contributed by atoms with Crippen molar-refractivity contribution in [2.75, 3.05) is 13.2 Å². The molecule has 5 nitrogen and oxygen atoms in total. The van der Waals surface area contributed by atoms with E-state index in [4.69, 9.17) is 21.1 Å². The summed E-state index contributed by atoms with van der Waals surface area (Å²) in [5, 5.41) is 3.33. The van der Waals surface area contributed by atoms with Crippen molar-refractivity contribution in [3.63, 3.8) is 0 Å². The zero-order valence-corrected chi connectivity index (χ0v) is 13.0. The van der Waals surface area contributed by atoms with E-state index in [1.54, 1.807) is 36.5 Å². The first kappa shape index (κ1) is 16.1. The number of benzene rings is 1. The fraction of sp³-hybridized carbons (Fsp3) is 0.250. The molecule has 22 heavy (non-hydrogen) atoms. The van der Waals surface area contributed by atoms with E-state index < -0.39 is 0 Å². The summed E-state index contributed by atoms with van der Waals surface area (Å²) in [5.74, 6) is 0.853. The molecule has 1 heterocycles. The third-order valence-corrected chi connectivity index (χ3v) is 3.01. The van der Waals surface area contributed by atoms with E-state index in [0.717, 1.165) is 5.56 Å². The lowest BCUT2D eigenvalue weighted by atomic mass is 10.2. The number of rotatable bonds is 7. The molecule has 2 rings (SSSR count). The lowest BCUT2D eigenvalue weighted by Gasteiger charge is -2.10. The number of halogens is 1. The van der Waals surface area contributed by atoms with Crippen LogP contribution in [-0.4, -0.2) is 24.1 Å². The molecular weight excluding hydrogens is 304 g/mol. The molecule has 0 fully saturated rings. The minimum atomic E-state index is -0.230. The number of carbonyl (C=O) groups excluding carboxylic acids is 1. The summed E-state index contributed by atoms with van der Waals surface area (Å²) in [5.41, 5.74) is 0.820. The number of hydrogen-bond acceptors (Lipinski definition) is 4. The Balaban J connectivity index is 1.83. The van der Waals surface area contributed by atoms with Gasteiger partial charge in [-0.2, -0.15) is 0 Å². The number of carbonyl (C=O) groups is 1. The fourth-order valence-electron chi connectivity index (χ4n) is 1.78. The molecule has 0 spiro atoms. The predicted molar refractivity (Wildman–Crippen MR) is 84.2 cm³/mol. The van der Waals surface area contributed by atoms with Gasteiger partial charge in [0.15, 0.2) is 6.61 Å². The van der Waals surface area contributed by atoms with Crippen LogP contribution < -0.4 is 14.8 Å². The number of nitrogens with one attached hydrogen (secondary N) is 1. The molecule has 1 amide bonds. The highest BCUT2D eigenvalue weighted by molar-refractivity contribution is 6.30. The largest absolute Gasteiger partial charge is 0.484 e. The van der Waals surface area contributed by atoms with E-state index in [1.165, 1.54) is 0 Å². The van der Waals surface area contributed by atoms with E-state index in [-0.39, 0.29) is 12.5 Å². The molecule has 0 radical (unpaired) electrons. The van der Waals surface area contributed by atoms with Gasteiger partial charge in [0.2, 0.25) is 5.88 Å². The van der Waals surface area contributed by atoms with Gasteiger partial charge in [0.25, 0.3) is 5.91 Å². The van der Waals surface area contributed by atoms with Gasteiger partial charge >= 0.3 is 0 Å². The SMILES string of the molecule is CCOc1ncccc1CNC(=O)COc1cccc(Cl)c1. The lowest BCUT2D eigenvalue weighted by molar-refractivity contribution is -0.123. The van der Waals surface area contributed by atoms with Crippen molar-refractivity contribution in [2.45, 2.75) is 13.5 Å². The van der Waals surface area contributed by atoms with E-state index in [2.05, 4.69) is 10.3 Å². The van der Waals surface area contributed by atoms with Gasteiger partial charge in [-0.3, -0.25) is 4.79 Å². The summed E-state index contributed by atoms with van der Waals surface area (Å²) in [6, 6.07) is 10.6. The molecular formula is C16H17ClN2O3. The molecule has 0 saturated carbocycles. The van der Waals surface area contributed by atoms with Gasteiger partial charge in [-0.05, 0) is 31.2 Å². The Morgan fingerprint density at radius 2 is 2.14 bits per heavy atom. The Bertz CT molecular complexity index is 634. The number of hydrogen-bond donors (Lipinski definition) is 1. The molecule has 2 aromatic rings. The number of pyridine rings is 1. The van der Waals surface area contributed by atoms with Crippen molar-refractivity contribution >= 4 is 17.5 Å². The second-order valence-electron chi connectivity index (χ2n) is 4.42. The van der Waals surface area contributed by atoms with Crippen molar-refractivity contribution < 1.29 is 14.3 Å². The monoisotopic (exact) mass is 320 g/mol. The summed E-state index contributed by atoms with van der Waals surface area (Å²) >= 11 is 5.85. The van der Waals surface area contributed by atoms with Crippen molar-refractivity contribution in [1.82, 2.24) is 10.3 Å². The highest BCUT2D eigenvalue weighted by Crippen LogP contribution is 2.17. The summed E-state index contributed by atoms with van der Waals surface area (Å²) < 4.78 is 10.8. The standard InChI is InChI=1S/C16H17ClN2O3/c1-2-21-16-12(5-4-8-18-16)10-19-15(20)11-22-14-7-3-6-13(17)9-14/h3-9H,2,10-11H2,1H3,(H,19,20). The van der Waals surface area contributed by atoms with Crippen LogP contribution in [-0.2, 0) is 11.3 Å². The highest BCUT2D eigenvalue weighted by atomic mass is 35.5. The van der Waals surface area contributed by atoms with Gasteiger partial charge in [0, 0.05) is 23.3 Å². The van der Waals surface area contributed by atoms with Crippen LogP contribution in [0, 0.1) is 0 Å². The summed E-state index contributed by atoms with van der Waals surface area (Å²) in [6.45, 7) is 2.66. The van der Waals surface area contributed by atoms with Gasteiger partial charge in [-0.1, -0.05) is 23.7 Å². The van der Waals surface area contributed by atoms with Gasteiger partial charge in [0.1, 0.15) is 5.75 Å². The van der Waals surface area contributed by atoms with Gasteiger partial charge < -0.3 is 14.8 Å². The second kappa shape index (κ2) is 8.24. The number of nitrogens with zero attached hydrogens (tertiary/aromatic N) is 1.